The summed E-state index contributed by atoms with van der Waals surface area (Å²) < 4.78 is 5.55. The molecule has 0 aliphatic carbocycles. The molecule has 1 atom stereocenters. The van der Waals surface area contributed by atoms with Crippen molar-refractivity contribution in [3.05, 3.63) is 84.3 Å². The summed E-state index contributed by atoms with van der Waals surface area (Å²) in [4.78, 5) is 8.49. The molecule has 0 saturated carbocycles. The third-order valence-corrected chi connectivity index (χ3v) is 4.68. The molecule has 3 N–H and O–H groups in total. The van der Waals surface area contributed by atoms with Crippen molar-refractivity contribution >= 4 is 16.6 Å². The van der Waals surface area contributed by atoms with Crippen LogP contribution in [0.3, 0.4) is 0 Å². The third kappa shape index (κ3) is 3.78. The number of aromatic hydroxyl groups is 2. The molecular weight excluding hydrogens is 366 g/mol. The fourth-order valence-electron chi connectivity index (χ4n) is 3.32. The first kappa shape index (κ1) is 18.6. The van der Waals surface area contributed by atoms with Gasteiger partial charge in [-0.15, -0.1) is 0 Å². The van der Waals surface area contributed by atoms with E-state index in [2.05, 4.69) is 15.3 Å². The number of fused-ring (bicyclic) bond motifs is 1. The number of aromatic nitrogens is 2. The van der Waals surface area contributed by atoms with E-state index >= 15 is 0 Å². The number of phenols is 2. The number of hydrogen-bond acceptors (Lipinski definition) is 6. The summed E-state index contributed by atoms with van der Waals surface area (Å²) in [6, 6.07) is 16.0. The van der Waals surface area contributed by atoms with Gasteiger partial charge in [-0.3, -0.25) is 9.97 Å². The molecule has 0 amide bonds. The number of phenolic OH excluding ortho intramolecular Hbond substituents is 2. The van der Waals surface area contributed by atoms with E-state index in [0.29, 0.717) is 23.4 Å². The van der Waals surface area contributed by atoms with Crippen LogP contribution < -0.4 is 10.1 Å². The van der Waals surface area contributed by atoms with E-state index in [4.69, 9.17) is 4.74 Å². The highest BCUT2D eigenvalue weighted by Gasteiger charge is 2.21. The summed E-state index contributed by atoms with van der Waals surface area (Å²) in [6.07, 6.45) is 5.07. The van der Waals surface area contributed by atoms with E-state index in [-0.39, 0.29) is 11.5 Å². The predicted octanol–water partition coefficient (Wildman–Crippen LogP) is 4.64. The molecule has 0 spiro atoms. The number of pyridine rings is 2. The molecule has 0 bridgehead atoms. The van der Waals surface area contributed by atoms with Crippen LogP contribution >= 0.6 is 0 Å². The second kappa shape index (κ2) is 8.06. The van der Waals surface area contributed by atoms with Crippen molar-refractivity contribution in [1.82, 2.24) is 9.97 Å². The molecule has 2 aromatic heterocycles. The Balaban J connectivity index is 1.85. The number of nitrogens with one attached hydrogen (secondary N) is 1. The maximum absolute atomic E-state index is 11.0. The average molecular weight is 387 g/mol. The SMILES string of the molecule is CCOc1cc([C@@H](Nc2cccnc2)c2ccc3cccnc3c2O)ccc1O. The van der Waals surface area contributed by atoms with Gasteiger partial charge in [0.2, 0.25) is 0 Å². The quantitative estimate of drug-likeness (QED) is 0.447. The number of hydrogen-bond donors (Lipinski definition) is 3. The zero-order chi connectivity index (χ0) is 20.2. The van der Waals surface area contributed by atoms with Crippen molar-refractivity contribution in [2.75, 3.05) is 11.9 Å². The van der Waals surface area contributed by atoms with Crippen LogP contribution in [-0.2, 0) is 0 Å². The summed E-state index contributed by atoms with van der Waals surface area (Å²) in [5.74, 6) is 0.567. The lowest BCUT2D eigenvalue weighted by Crippen LogP contribution is -2.13. The highest BCUT2D eigenvalue weighted by molar-refractivity contribution is 5.86. The lowest BCUT2D eigenvalue weighted by Gasteiger charge is -2.23. The van der Waals surface area contributed by atoms with Gasteiger partial charge in [-0.2, -0.15) is 0 Å². The standard InChI is InChI=1S/C23H21N3O3/c1-2-29-20-13-16(8-10-19(20)27)21(26-17-6-4-11-24-14-17)18-9-7-15-5-3-12-25-22(15)23(18)28/h3-14,21,26-28H,2H2,1H3/t21-/m1/s1. The first-order valence-electron chi connectivity index (χ1n) is 9.36. The monoisotopic (exact) mass is 387 g/mol. The summed E-state index contributed by atoms with van der Waals surface area (Å²) in [6.45, 7) is 2.29. The van der Waals surface area contributed by atoms with Crippen molar-refractivity contribution < 1.29 is 14.9 Å². The predicted molar refractivity (Wildman–Crippen MR) is 112 cm³/mol. The summed E-state index contributed by atoms with van der Waals surface area (Å²) in [5, 5.41) is 25.4. The van der Waals surface area contributed by atoms with Gasteiger partial charge in [0.25, 0.3) is 0 Å². The number of ether oxygens (including phenoxy) is 1. The molecule has 2 heterocycles. The van der Waals surface area contributed by atoms with Crippen LogP contribution in [0.5, 0.6) is 17.2 Å². The highest BCUT2D eigenvalue weighted by atomic mass is 16.5. The molecule has 146 valence electrons. The highest BCUT2D eigenvalue weighted by Crippen LogP contribution is 2.38. The molecule has 2 aromatic carbocycles. The molecule has 6 heteroatoms. The first-order valence-corrected chi connectivity index (χ1v) is 9.36. The zero-order valence-corrected chi connectivity index (χ0v) is 15.9. The Labute approximate surface area is 168 Å². The van der Waals surface area contributed by atoms with Gasteiger partial charge in [0.05, 0.1) is 18.3 Å². The molecule has 0 aliphatic rings. The zero-order valence-electron chi connectivity index (χ0n) is 15.9. The summed E-state index contributed by atoms with van der Waals surface area (Å²) in [7, 11) is 0. The molecule has 0 fully saturated rings. The van der Waals surface area contributed by atoms with E-state index in [9.17, 15) is 10.2 Å². The molecule has 0 saturated heterocycles. The second-order valence-corrected chi connectivity index (χ2v) is 6.56. The molecular formula is C23H21N3O3. The van der Waals surface area contributed by atoms with Gasteiger partial charge >= 0.3 is 0 Å². The number of nitrogens with zero attached hydrogens (tertiary/aromatic N) is 2. The van der Waals surface area contributed by atoms with Gasteiger partial charge in [0, 0.05) is 29.5 Å². The molecule has 6 nitrogen and oxygen atoms in total. The molecule has 0 radical (unpaired) electrons. The largest absolute Gasteiger partial charge is 0.505 e. The molecule has 0 aliphatic heterocycles. The van der Waals surface area contributed by atoms with Crippen LogP contribution in [0.1, 0.15) is 24.1 Å². The van der Waals surface area contributed by atoms with E-state index in [1.54, 1.807) is 36.8 Å². The fraction of sp³-hybridized carbons (Fsp3) is 0.130. The van der Waals surface area contributed by atoms with E-state index in [0.717, 1.165) is 16.6 Å². The Morgan fingerprint density at radius 2 is 1.90 bits per heavy atom. The maximum Gasteiger partial charge on any atom is 0.161 e. The van der Waals surface area contributed by atoms with Crippen molar-refractivity contribution in [3.63, 3.8) is 0 Å². The summed E-state index contributed by atoms with van der Waals surface area (Å²) in [5.41, 5.74) is 2.81. The van der Waals surface area contributed by atoms with Gasteiger partial charge in [0.15, 0.2) is 11.5 Å². The average Bonchev–Trinajstić information content (AvgIpc) is 2.75. The van der Waals surface area contributed by atoms with Gasteiger partial charge in [-0.05, 0) is 42.8 Å². The lowest BCUT2D eigenvalue weighted by molar-refractivity contribution is 0.317. The van der Waals surface area contributed by atoms with Crippen LogP contribution in [0, 0.1) is 0 Å². The van der Waals surface area contributed by atoms with E-state index in [1.165, 1.54) is 0 Å². The second-order valence-electron chi connectivity index (χ2n) is 6.56. The van der Waals surface area contributed by atoms with Crippen molar-refractivity contribution in [2.24, 2.45) is 0 Å². The van der Waals surface area contributed by atoms with Crippen LogP contribution in [0.2, 0.25) is 0 Å². The molecule has 4 rings (SSSR count). The molecule has 0 unspecified atom stereocenters. The smallest absolute Gasteiger partial charge is 0.161 e. The molecule has 4 aromatic rings. The fourth-order valence-corrected chi connectivity index (χ4v) is 3.32. The van der Waals surface area contributed by atoms with Gasteiger partial charge < -0.3 is 20.3 Å². The van der Waals surface area contributed by atoms with Crippen LogP contribution in [0.15, 0.2) is 73.2 Å². The van der Waals surface area contributed by atoms with Crippen molar-refractivity contribution in [1.29, 1.82) is 0 Å². The normalized spacial score (nSPS) is 11.9. The van der Waals surface area contributed by atoms with Crippen LogP contribution in [0.4, 0.5) is 5.69 Å². The van der Waals surface area contributed by atoms with Crippen molar-refractivity contribution in [3.8, 4) is 17.2 Å². The molecule has 29 heavy (non-hydrogen) atoms. The van der Waals surface area contributed by atoms with Gasteiger partial charge in [-0.1, -0.05) is 24.3 Å². The van der Waals surface area contributed by atoms with Crippen molar-refractivity contribution in [2.45, 2.75) is 13.0 Å². The topological polar surface area (TPSA) is 87.5 Å². The number of benzene rings is 2. The van der Waals surface area contributed by atoms with E-state index < -0.39 is 6.04 Å². The maximum atomic E-state index is 11.0. The first-order chi connectivity index (χ1) is 14.2. The van der Waals surface area contributed by atoms with Crippen LogP contribution in [0.25, 0.3) is 10.9 Å². The third-order valence-electron chi connectivity index (χ3n) is 4.68. The Kier molecular flexibility index (Phi) is 5.16. The van der Waals surface area contributed by atoms with Crippen LogP contribution in [-0.4, -0.2) is 26.8 Å². The Morgan fingerprint density at radius 3 is 2.69 bits per heavy atom. The Hall–Kier alpha value is -3.80. The number of anilines is 1. The Morgan fingerprint density at radius 1 is 1.03 bits per heavy atom. The van der Waals surface area contributed by atoms with Gasteiger partial charge in [0.1, 0.15) is 11.3 Å². The number of rotatable bonds is 6. The Bertz CT molecular complexity index is 1130. The summed E-state index contributed by atoms with van der Waals surface area (Å²) >= 11 is 0. The minimum atomic E-state index is -0.412. The van der Waals surface area contributed by atoms with Gasteiger partial charge in [-0.25, -0.2) is 0 Å². The minimum absolute atomic E-state index is 0.0696. The van der Waals surface area contributed by atoms with E-state index in [1.807, 2.05) is 43.3 Å². The lowest BCUT2D eigenvalue weighted by atomic mass is 9.95. The minimum Gasteiger partial charge on any atom is -0.505 e.